The average Bonchev–Trinajstić information content (AvgIpc) is 2.57. The highest BCUT2D eigenvalue weighted by Crippen LogP contribution is 2.29. The van der Waals surface area contributed by atoms with Crippen LogP contribution in [0.15, 0.2) is 0 Å². The van der Waals surface area contributed by atoms with Crippen LogP contribution >= 0.6 is 0 Å². The number of ether oxygens (including phenoxy) is 4. The molecule has 0 amide bonds. The summed E-state index contributed by atoms with van der Waals surface area (Å²) < 4.78 is 20.6. The maximum atomic E-state index is 10.2. The molecule has 0 aromatic rings. The number of rotatable bonds is 5. The van der Waals surface area contributed by atoms with E-state index in [0.29, 0.717) is 0 Å². The lowest BCUT2D eigenvalue weighted by atomic mass is 9.97. The van der Waals surface area contributed by atoms with E-state index in [4.69, 9.17) is 18.9 Å². The van der Waals surface area contributed by atoms with Gasteiger partial charge in [0.05, 0.1) is 13.2 Å². The van der Waals surface area contributed by atoms with Crippen molar-refractivity contribution in [2.75, 3.05) is 20.3 Å². The van der Waals surface area contributed by atoms with E-state index < -0.39 is 74.6 Å². The van der Waals surface area contributed by atoms with Crippen LogP contribution in [-0.4, -0.2) is 117 Å². The number of methoxy groups -OCH3 is 1. The van der Waals surface area contributed by atoms with Crippen LogP contribution in [0.4, 0.5) is 0 Å². The quantitative estimate of drug-likeness (QED) is 0.251. The first-order valence-corrected chi connectivity index (χ1v) is 7.46. The Labute approximate surface area is 137 Å². The fourth-order valence-electron chi connectivity index (χ4n) is 2.83. The van der Waals surface area contributed by atoms with Gasteiger partial charge in [-0.1, -0.05) is 0 Å². The molecule has 0 radical (unpaired) electrons. The number of hydrogen-bond acceptors (Lipinski definition) is 11. The predicted octanol–water partition coefficient (Wildman–Crippen LogP) is -4.74. The Morgan fingerprint density at radius 2 is 1.38 bits per heavy atom. The monoisotopic (exact) mass is 356 g/mol. The molecule has 2 heterocycles. The molecule has 2 aliphatic rings. The van der Waals surface area contributed by atoms with Gasteiger partial charge in [-0.05, 0) is 0 Å². The van der Waals surface area contributed by atoms with Crippen LogP contribution in [0.1, 0.15) is 0 Å². The third-order valence-electron chi connectivity index (χ3n) is 4.22. The van der Waals surface area contributed by atoms with Crippen LogP contribution in [0.2, 0.25) is 0 Å². The van der Waals surface area contributed by atoms with Gasteiger partial charge < -0.3 is 54.7 Å². The lowest BCUT2D eigenvalue weighted by molar-refractivity contribution is -0.356. The molecule has 0 unspecified atom stereocenters. The van der Waals surface area contributed by atoms with Crippen molar-refractivity contribution in [3.05, 3.63) is 0 Å². The lowest BCUT2D eigenvalue weighted by Crippen LogP contribution is -2.64. The van der Waals surface area contributed by atoms with E-state index in [2.05, 4.69) is 0 Å². The SMILES string of the molecule is CO[C@H]1[C@@H](O)[C@@H](CO)O[C@H](O[C@H]2[C@H](O)[C@@H](O)[C@H](O)O[C@@H]2CO)[C@@H]1O. The summed E-state index contributed by atoms with van der Waals surface area (Å²) in [4.78, 5) is 0. The third kappa shape index (κ3) is 3.71. The normalized spacial score (nSPS) is 50.0. The van der Waals surface area contributed by atoms with Gasteiger partial charge in [0.15, 0.2) is 12.6 Å². The largest absolute Gasteiger partial charge is 0.394 e. The molecule has 2 aliphatic heterocycles. The highest BCUT2D eigenvalue weighted by molar-refractivity contribution is 4.94. The van der Waals surface area contributed by atoms with Gasteiger partial charge in [-0.2, -0.15) is 0 Å². The molecule has 2 saturated heterocycles. The van der Waals surface area contributed by atoms with E-state index in [1.807, 2.05) is 0 Å². The van der Waals surface area contributed by atoms with E-state index in [1.165, 1.54) is 7.11 Å². The van der Waals surface area contributed by atoms with E-state index >= 15 is 0 Å². The van der Waals surface area contributed by atoms with Crippen LogP contribution in [0.25, 0.3) is 0 Å². The molecule has 11 heteroatoms. The van der Waals surface area contributed by atoms with Gasteiger partial charge in [-0.25, -0.2) is 0 Å². The van der Waals surface area contributed by atoms with Crippen molar-refractivity contribution in [2.45, 2.75) is 61.4 Å². The minimum atomic E-state index is -1.71. The summed E-state index contributed by atoms with van der Waals surface area (Å²) in [5, 5.41) is 67.8. The van der Waals surface area contributed by atoms with Gasteiger partial charge in [-0.15, -0.1) is 0 Å². The fourth-order valence-corrected chi connectivity index (χ4v) is 2.83. The first kappa shape index (κ1) is 19.9. The molecule has 2 fully saturated rings. The van der Waals surface area contributed by atoms with Gasteiger partial charge >= 0.3 is 0 Å². The topological polar surface area (TPSA) is 179 Å². The highest BCUT2D eigenvalue weighted by atomic mass is 16.7. The van der Waals surface area contributed by atoms with Gasteiger partial charge in [-0.3, -0.25) is 0 Å². The fraction of sp³-hybridized carbons (Fsp3) is 1.00. The zero-order valence-electron chi connectivity index (χ0n) is 13.0. The van der Waals surface area contributed by atoms with Crippen LogP contribution in [0.5, 0.6) is 0 Å². The molecule has 0 saturated carbocycles. The van der Waals surface area contributed by atoms with Crippen LogP contribution in [0, 0.1) is 0 Å². The maximum absolute atomic E-state index is 10.2. The maximum Gasteiger partial charge on any atom is 0.187 e. The van der Waals surface area contributed by atoms with E-state index in [0.717, 1.165) is 0 Å². The van der Waals surface area contributed by atoms with Gasteiger partial charge in [0, 0.05) is 7.11 Å². The van der Waals surface area contributed by atoms with Gasteiger partial charge in [0.2, 0.25) is 0 Å². The van der Waals surface area contributed by atoms with Gasteiger partial charge in [0.25, 0.3) is 0 Å². The van der Waals surface area contributed by atoms with E-state index in [1.54, 1.807) is 0 Å². The lowest BCUT2D eigenvalue weighted by Gasteiger charge is -2.45. The zero-order valence-corrected chi connectivity index (χ0v) is 13.0. The summed E-state index contributed by atoms with van der Waals surface area (Å²) >= 11 is 0. The second-order valence-corrected chi connectivity index (χ2v) is 5.74. The van der Waals surface area contributed by atoms with Crippen molar-refractivity contribution in [2.24, 2.45) is 0 Å². The second-order valence-electron chi connectivity index (χ2n) is 5.74. The second kappa shape index (κ2) is 8.29. The van der Waals surface area contributed by atoms with Gasteiger partial charge in [0.1, 0.15) is 48.8 Å². The molecule has 0 aliphatic carbocycles. The standard InChI is InChI=1S/C13H24O11/c1-21-11-6(16)4(2-14)23-13(9(11)19)24-10-5(3-15)22-12(20)8(18)7(10)17/h4-20H,2-3H2,1H3/t4-,5-,6+,7-,8-,9-,10-,11+,12-,13-/m1/s1. The van der Waals surface area contributed by atoms with Crippen molar-refractivity contribution >= 4 is 0 Å². The summed E-state index contributed by atoms with van der Waals surface area (Å²) in [6.45, 7) is -1.23. The molecule has 142 valence electrons. The molecular formula is C13H24O11. The van der Waals surface area contributed by atoms with Crippen LogP contribution in [0.3, 0.4) is 0 Å². The third-order valence-corrected chi connectivity index (χ3v) is 4.22. The molecule has 0 bridgehead atoms. The number of aliphatic hydroxyl groups is 7. The van der Waals surface area contributed by atoms with Crippen molar-refractivity contribution in [1.29, 1.82) is 0 Å². The molecule has 0 aromatic heterocycles. The molecule has 2 rings (SSSR count). The van der Waals surface area contributed by atoms with Crippen molar-refractivity contribution in [3.8, 4) is 0 Å². The molecule has 0 aromatic carbocycles. The van der Waals surface area contributed by atoms with Crippen LogP contribution in [-0.2, 0) is 18.9 Å². The minimum Gasteiger partial charge on any atom is -0.394 e. The summed E-state index contributed by atoms with van der Waals surface area (Å²) in [5.41, 5.74) is 0. The van der Waals surface area contributed by atoms with Crippen LogP contribution < -0.4 is 0 Å². The summed E-state index contributed by atoms with van der Waals surface area (Å²) in [5.74, 6) is 0. The molecular weight excluding hydrogens is 332 g/mol. The Kier molecular flexibility index (Phi) is 6.87. The molecule has 7 N–H and O–H groups in total. The molecule has 0 spiro atoms. The number of hydrogen-bond donors (Lipinski definition) is 7. The molecule has 10 atom stereocenters. The Hall–Kier alpha value is -0.440. The van der Waals surface area contributed by atoms with Crippen molar-refractivity contribution < 1.29 is 54.7 Å². The molecule has 11 nitrogen and oxygen atoms in total. The Balaban J connectivity index is 2.14. The number of aliphatic hydroxyl groups excluding tert-OH is 7. The van der Waals surface area contributed by atoms with E-state index in [-0.39, 0.29) is 0 Å². The minimum absolute atomic E-state index is 0.581. The summed E-state index contributed by atoms with van der Waals surface area (Å²) in [6.07, 6.45) is -14.1. The predicted molar refractivity (Wildman–Crippen MR) is 73.4 cm³/mol. The smallest absolute Gasteiger partial charge is 0.187 e. The first-order valence-electron chi connectivity index (χ1n) is 7.46. The Bertz CT molecular complexity index is 394. The van der Waals surface area contributed by atoms with E-state index in [9.17, 15) is 35.7 Å². The van der Waals surface area contributed by atoms with Crippen molar-refractivity contribution in [1.82, 2.24) is 0 Å². The first-order chi connectivity index (χ1) is 11.3. The summed E-state index contributed by atoms with van der Waals surface area (Å²) in [6, 6.07) is 0. The average molecular weight is 356 g/mol. The highest BCUT2D eigenvalue weighted by Gasteiger charge is 2.50. The zero-order chi connectivity index (χ0) is 18.0. The Morgan fingerprint density at radius 1 is 0.750 bits per heavy atom. The molecule has 24 heavy (non-hydrogen) atoms. The summed E-state index contributed by atoms with van der Waals surface area (Å²) in [7, 11) is 1.24. The van der Waals surface area contributed by atoms with Crippen molar-refractivity contribution in [3.63, 3.8) is 0 Å². The Morgan fingerprint density at radius 3 is 1.92 bits per heavy atom.